The van der Waals surface area contributed by atoms with E-state index in [9.17, 15) is 13.2 Å². The summed E-state index contributed by atoms with van der Waals surface area (Å²) >= 11 is 5.81. The maximum absolute atomic E-state index is 12.5. The highest BCUT2D eigenvalue weighted by Crippen LogP contribution is 2.27. The molecule has 0 fully saturated rings. The standard InChI is InChI=1S/C17H19ClN2O4S/c1-3-17(21)20-15-10-14(8-9-16(15)24-2)25(22,23)19-11-12-4-6-13(18)7-5-12/h4-10,19H,3,11H2,1-2H3,(H,20,21). The van der Waals surface area contributed by atoms with E-state index in [1.54, 1.807) is 31.2 Å². The van der Waals surface area contributed by atoms with Crippen molar-refractivity contribution in [3.63, 3.8) is 0 Å². The molecule has 0 saturated heterocycles. The van der Waals surface area contributed by atoms with E-state index < -0.39 is 10.0 Å². The van der Waals surface area contributed by atoms with Gasteiger partial charge < -0.3 is 10.1 Å². The van der Waals surface area contributed by atoms with Crippen LogP contribution in [0.25, 0.3) is 0 Å². The van der Waals surface area contributed by atoms with Gasteiger partial charge >= 0.3 is 0 Å². The van der Waals surface area contributed by atoms with E-state index in [0.717, 1.165) is 5.56 Å². The minimum atomic E-state index is -3.75. The van der Waals surface area contributed by atoms with Crippen molar-refractivity contribution in [2.45, 2.75) is 24.8 Å². The molecule has 8 heteroatoms. The fourth-order valence-corrected chi connectivity index (χ4v) is 3.22. The van der Waals surface area contributed by atoms with Crippen molar-refractivity contribution in [1.29, 1.82) is 0 Å². The number of rotatable bonds is 7. The molecule has 0 aliphatic carbocycles. The molecule has 2 rings (SSSR count). The average molecular weight is 383 g/mol. The Bertz CT molecular complexity index is 851. The monoisotopic (exact) mass is 382 g/mol. The number of halogens is 1. The first-order chi connectivity index (χ1) is 11.9. The zero-order valence-electron chi connectivity index (χ0n) is 13.9. The summed E-state index contributed by atoms with van der Waals surface area (Å²) < 4.78 is 32.7. The molecular weight excluding hydrogens is 364 g/mol. The Hall–Kier alpha value is -2.09. The van der Waals surface area contributed by atoms with Crippen LogP contribution < -0.4 is 14.8 Å². The number of benzene rings is 2. The number of sulfonamides is 1. The van der Waals surface area contributed by atoms with Gasteiger partial charge in [-0.15, -0.1) is 0 Å². The van der Waals surface area contributed by atoms with Crippen LogP contribution in [0.15, 0.2) is 47.4 Å². The Morgan fingerprint density at radius 3 is 2.44 bits per heavy atom. The molecule has 0 saturated carbocycles. The van der Waals surface area contributed by atoms with Crippen molar-refractivity contribution < 1.29 is 17.9 Å². The molecule has 2 aromatic rings. The summed E-state index contributed by atoms with van der Waals surface area (Å²) in [6.07, 6.45) is 0.273. The molecule has 2 aromatic carbocycles. The van der Waals surface area contributed by atoms with Crippen molar-refractivity contribution in [1.82, 2.24) is 4.72 Å². The molecule has 25 heavy (non-hydrogen) atoms. The number of methoxy groups -OCH3 is 1. The van der Waals surface area contributed by atoms with Gasteiger partial charge in [-0.25, -0.2) is 13.1 Å². The number of ether oxygens (including phenoxy) is 1. The zero-order chi connectivity index (χ0) is 18.4. The predicted octanol–water partition coefficient (Wildman–Crippen LogP) is 3.18. The highest BCUT2D eigenvalue weighted by molar-refractivity contribution is 7.89. The van der Waals surface area contributed by atoms with Gasteiger partial charge in [-0.05, 0) is 35.9 Å². The molecule has 2 N–H and O–H groups in total. The number of nitrogens with one attached hydrogen (secondary N) is 2. The lowest BCUT2D eigenvalue weighted by atomic mass is 10.2. The number of hydrogen-bond donors (Lipinski definition) is 2. The first-order valence-electron chi connectivity index (χ1n) is 7.57. The van der Waals surface area contributed by atoms with Crippen LogP contribution in [0.1, 0.15) is 18.9 Å². The quantitative estimate of drug-likeness (QED) is 0.770. The van der Waals surface area contributed by atoms with Crippen molar-refractivity contribution in [3.8, 4) is 5.75 Å². The average Bonchev–Trinajstić information content (AvgIpc) is 2.61. The molecule has 0 bridgehead atoms. The van der Waals surface area contributed by atoms with Gasteiger partial charge in [0, 0.05) is 18.0 Å². The number of hydrogen-bond acceptors (Lipinski definition) is 4. The van der Waals surface area contributed by atoms with Gasteiger partial charge in [0.1, 0.15) is 5.75 Å². The molecule has 134 valence electrons. The Morgan fingerprint density at radius 2 is 1.84 bits per heavy atom. The van der Waals surface area contributed by atoms with E-state index >= 15 is 0 Å². The Morgan fingerprint density at radius 1 is 1.16 bits per heavy atom. The third kappa shape index (κ3) is 5.19. The minimum absolute atomic E-state index is 0.0358. The molecule has 1 amide bonds. The van der Waals surface area contributed by atoms with Crippen LogP contribution >= 0.6 is 11.6 Å². The maximum Gasteiger partial charge on any atom is 0.240 e. The van der Waals surface area contributed by atoms with Crippen LogP contribution in [0.2, 0.25) is 5.02 Å². The lowest BCUT2D eigenvalue weighted by molar-refractivity contribution is -0.115. The minimum Gasteiger partial charge on any atom is -0.495 e. The number of carbonyl (C=O) groups excluding carboxylic acids is 1. The summed E-state index contributed by atoms with van der Waals surface area (Å²) in [5.41, 5.74) is 1.09. The van der Waals surface area contributed by atoms with Gasteiger partial charge in [0.2, 0.25) is 15.9 Å². The fourth-order valence-electron chi connectivity index (χ4n) is 2.05. The topological polar surface area (TPSA) is 84.5 Å². The lowest BCUT2D eigenvalue weighted by Crippen LogP contribution is -2.23. The highest BCUT2D eigenvalue weighted by atomic mass is 35.5. The van der Waals surface area contributed by atoms with Crippen LogP contribution in [0.4, 0.5) is 5.69 Å². The summed E-state index contributed by atoms with van der Waals surface area (Å²) in [7, 11) is -2.30. The second kappa shape index (κ2) is 8.33. The van der Waals surface area contributed by atoms with Crippen LogP contribution in [0.3, 0.4) is 0 Å². The number of anilines is 1. The highest BCUT2D eigenvalue weighted by Gasteiger charge is 2.17. The van der Waals surface area contributed by atoms with Gasteiger partial charge in [0.25, 0.3) is 0 Å². The predicted molar refractivity (Wildman–Crippen MR) is 97.4 cm³/mol. The summed E-state index contributed by atoms with van der Waals surface area (Å²) in [4.78, 5) is 11.6. The zero-order valence-corrected chi connectivity index (χ0v) is 15.4. The summed E-state index contributed by atoms with van der Waals surface area (Å²) in [5.74, 6) is 0.153. The fraction of sp³-hybridized carbons (Fsp3) is 0.235. The SMILES string of the molecule is CCC(=O)Nc1cc(S(=O)(=O)NCc2ccc(Cl)cc2)ccc1OC. The summed E-state index contributed by atoms with van der Waals surface area (Å²) in [5, 5.41) is 3.21. The molecule has 0 aliphatic rings. The van der Waals surface area contributed by atoms with Gasteiger partial charge in [-0.3, -0.25) is 4.79 Å². The third-order valence-electron chi connectivity index (χ3n) is 3.46. The summed E-state index contributed by atoms with van der Waals surface area (Å²) in [6, 6.07) is 11.2. The largest absolute Gasteiger partial charge is 0.495 e. The Kier molecular flexibility index (Phi) is 6.41. The second-order valence-electron chi connectivity index (χ2n) is 5.21. The van der Waals surface area contributed by atoms with Crippen LogP contribution in [0, 0.1) is 0 Å². The van der Waals surface area contributed by atoms with E-state index in [4.69, 9.17) is 16.3 Å². The first kappa shape index (κ1) is 19.2. The van der Waals surface area contributed by atoms with Crippen LogP contribution in [-0.4, -0.2) is 21.4 Å². The van der Waals surface area contributed by atoms with Gasteiger partial charge in [-0.1, -0.05) is 30.7 Å². The second-order valence-corrected chi connectivity index (χ2v) is 7.42. The van der Waals surface area contributed by atoms with Crippen molar-refractivity contribution >= 4 is 33.2 Å². The van der Waals surface area contributed by atoms with Crippen molar-refractivity contribution in [2.24, 2.45) is 0 Å². The van der Waals surface area contributed by atoms with E-state index in [-0.39, 0.29) is 23.8 Å². The summed E-state index contributed by atoms with van der Waals surface area (Å²) in [6.45, 7) is 1.83. The number of carbonyl (C=O) groups is 1. The Balaban J connectivity index is 2.21. The smallest absolute Gasteiger partial charge is 0.240 e. The number of amides is 1. The normalized spacial score (nSPS) is 11.2. The molecule has 0 heterocycles. The molecule has 0 atom stereocenters. The molecule has 0 aromatic heterocycles. The van der Waals surface area contributed by atoms with E-state index in [1.165, 1.54) is 25.3 Å². The molecular formula is C17H19ClN2O4S. The van der Waals surface area contributed by atoms with E-state index in [2.05, 4.69) is 10.0 Å². The maximum atomic E-state index is 12.5. The molecule has 0 unspecified atom stereocenters. The first-order valence-corrected chi connectivity index (χ1v) is 9.44. The van der Waals surface area contributed by atoms with Crippen molar-refractivity contribution in [3.05, 3.63) is 53.1 Å². The molecule has 6 nitrogen and oxygen atoms in total. The van der Waals surface area contributed by atoms with Gasteiger partial charge in [0.05, 0.1) is 17.7 Å². The molecule has 0 aliphatic heterocycles. The van der Waals surface area contributed by atoms with Crippen molar-refractivity contribution in [2.75, 3.05) is 12.4 Å². The van der Waals surface area contributed by atoms with Gasteiger partial charge in [0.15, 0.2) is 0 Å². The Labute approximate surface area is 152 Å². The third-order valence-corrected chi connectivity index (χ3v) is 5.11. The van der Waals surface area contributed by atoms with E-state index in [1.807, 2.05) is 0 Å². The molecule has 0 spiro atoms. The molecule has 0 radical (unpaired) electrons. The van der Waals surface area contributed by atoms with E-state index in [0.29, 0.717) is 16.5 Å². The lowest BCUT2D eigenvalue weighted by Gasteiger charge is -2.12. The van der Waals surface area contributed by atoms with Crippen LogP contribution in [0.5, 0.6) is 5.75 Å². The van der Waals surface area contributed by atoms with Crippen LogP contribution in [-0.2, 0) is 21.4 Å². The van der Waals surface area contributed by atoms with Gasteiger partial charge in [-0.2, -0.15) is 0 Å².